The lowest BCUT2D eigenvalue weighted by Gasteiger charge is -2.15. The van der Waals surface area contributed by atoms with Crippen LogP contribution in [0.3, 0.4) is 0 Å². The van der Waals surface area contributed by atoms with Crippen molar-refractivity contribution in [3.8, 4) is 17.0 Å². The summed E-state index contributed by atoms with van der Waals surface area (Å²) in [5, 5.41) is 0. The Hall–Kier alpha value is -1.90. The summed E-state index contributed by atoms with van der Waals surface area (Å²) in [6.45, 7) is 8.86. The van der Waals surface area contributed by atoms with Gasteiger partial charge >= 0.3 is 0 Å². The van der Waals surface area contributed by atoms with E-state index in [4.69, 9.17) is 4.74 Å². The second kappa shape index (κ2) is 5.83. The smallest absolute Gasteiger partial charge is 0.128 e. The van der Waals surface area contributed by atoms with E-state index >= 15 is 0 Å². The van der Waals surface area contributed by atoms with E-state index in [9.17, 15) is 0 Å². The lowest BCUT2D eigenvalue weighted by Crippen LogP contribution is -2.02. The van der Waals surface area contributed by atoms with E-state index in [0.29, 0.717) is 12.5 Å². The quantitative estimate of drug-likeness (QED) is 0.830. The van der Waals surface area contributed by atoms with E-state index < -0.39 is 0 Å². The van der Waals surface area contributed by atoms with Crippen LogP contribution in [0.15, 0.2) is 30.5 Å². The molecule has 0 unspecified atom stereocenters. The molecule has 1 aromatic carbocycles. The Kier molecular flexibility index (Phi) is 4.15. The molecule has 0 saturated carbocycles. The van der Waals surface area contributed by atoms with E-state index in [1.807, 2.05) is 38.2 Å². The first-order chi connectivity index (χ1) is 9.13. The van der Waals surface area contributed by atoms with Gasteiger partial charge in [-0.05, 0) is 37.5 Å². The Morgan fingerprint density at radius 3 is 2.63 bits per heavy atom. The minimum atomic E-state index is 0.380. The van der Waals surface area contributed by atoms with Crippen molar-refractivity contribution in [2.45, 2.75) is 33.6 Å². The van der Waals surface area contributed by atoms with E-state index in [2.05, 4.69) is 29.9 Å². The zero-order valence-electron chi connectivity index (χ0n) is 12.0. The first-order valence-corrected chi connectivity index (χ1v) is 6.69. The normalized spacial score (nSPS) is 10.8. The molecule has 0 radical (unpaired) electrons. The number of benzene rings is 1. The molecular formula is C16H20N2O. The summed E-state index contributed by atoms with van der Waals surface area (Å²) < 4.78 is 5.71. The van der Waals surface area contributed by atoms with Crippen LogP contribution in [0, 0.1) is 6.92 Å². The average Bonchev–Trinajstić information content (AvgIpc) is 2.39. The minimum absolute atomic E-state index is 0.380. The number of para-hydroxylation sites is 1. The van der Waals surface area contributed by atoms with Gasteiger partial charge in [-0.15, -0.1) is 0 Å². The maximum absolute atomic E-state index is 5.71. The molecule has 100 valence electrons. The number of ether oxygens (including phenoxy) is 1. The third-order valence-electron chi connectivity index (χ3n) is 3.00. The summed E-state index contributed by atoms with van der Waals surface area (Å²) in [6.07, 6.45) is 1.92. The van der Waals surface area contributed by atoms with Gasteiger partial charge in [-0.1, -0.05) is 26.0 Å². The molecule has 1 aromatic heterocycles. The predicted molar refractivity (Wildman–Crippen MR) is 77.5 cm³/mol. The Bertz CT molecular complexity index is 564. The molecule has 3 nitrogen and oxygen atoms in total. The fourth-order valence-corrected chi connectivity index (χ4v) is 2.06. The maximum Gasteiger partial charge on any atom is 0.128 e. The summed E-state index contributed by atoms with van der Waals surface area (Å²) >= 11 is 0. The highest BCUT2D eigenvalue weighted by Gasteiger charge is 2.14. The highest BCUT2D eigenvalue weighted by atomic mass is 16.5. The predicted octanol–water partition coefficient (Wildman–Crippen LogP) is 3.97. The van der Waals surface area contributed by atoms with E-state index in [1.54, 1.807) is 0 Å². The highest BCUT2D eigenvalue weighted by molar-refractivity contribution is 5.70. The fourth-order valence-electron chi connectivity index (χ4n) is 2.06. The molecule has 0 aliphatic rings. The SMILES string of the molecule is CCOc1ccccc1-c1nc(C)ncc1C(C)C. The molecule has 0 N–H and O–H groups in total. The summed E-state index contributed by atoms with van der Waals surface area (Å²) in [5.41, 5.74) is 3.17. The lowest BCUT2D eigenvalue weighted by atomic mass is 9.98. The van der Waals surface area contributed by atoms with Crippen LogP contribution in [-0.2, 0) is 0 Å². The molecule has 0 fully saturated rings. The molecule has 2 rings (SSSR count). The van der Waals surface area contributed by atoms with Crippen molar-refractivity contribution < 1.29 is 4.74 Å². The van der Waals surface area contributed by atoms with Gasteiger partial charge in [0.05, 0.1) is 12.3 Å². The van der Waals surface area contributed by atoms with E-state index in [-0.39, 0.29) is 0 Å². The van der Waals surface area contributed by atoms with Crippen LogP contribution in [-0.4, -0.2) is 16.6 Å². The van der Waals surface area contributed by atoms with Crippen molar-refractivity contribution in [1.29, 1.82) is 0 Å². The van der Waals surface area contributed by atoms with Gasteiger partial charge in [0.25, 0.3) is 0 Å². The summed E-state index contributed by atoms with van der Waals surface area (Å²) in [7, 11) is 0. The van der Waals surface area contributed by atoms with Crippen molar-refractivity contribution in [2.75, 3.05) is 6.61 Å². The molecule has 0 atom stereocenters. The van der Waals surface area contributed by atoms with Crippen LogP contribution in [0.25, 0.3) is 11.3 Å². The van der Waals surface area contributed by atoms with Crippen molar-refractivity contribution in [3.63, 3.8) is 0 Å². The molecule has 0 aliphatic heterocycles. The van der Waals surface area contributed by atoms with Crippen molar-refractivity contribution in [3.05, 3.63) is 41.9 Å². The number of hydrogen-bond donors (Lipinski definition) is 0. The third kappa shape index (κ3) is 2.92. The Morgan fingerprint density at radius 2 is 1.95 bits per heavy atom. The average molecular weight is 256 g/mol. The van der Waals surface area contributed by atoms with Crippen LogP contribution < -0.4 is 4.74 Å². The first kappa shape index (κ1) is 13.5. The van der Waals surface area contributed by atoms with E-state index in [0.717, 1.165) is 28.4 Å². The highest BCUT2D eigenvalue weighted by Crippen LogP contribution is 2.33. The molecule has 19 heavy (non-hydrogen) atoms. The summed E-state index contributed by atoms with van der Waals surface area (Å²) in [4.78, 5) is 8.93. The Morgan fingerprint density at radius 1 is 1.21 bits per heavy atom. The van der Waals surface area contributed by atoms with Crippen molar-refractivity contribution in [2.24, 2.45) is 0 Å². The zero-order chi connectivity index (χ0) is 13.8. The molecule has 2 aromatic rings. The Labute approximate surface area is 114 Å². The maximum atomic E-state index is 5.71. The number of nitrogens with zero attached hydrogens (tertiary/aromatic N) is 2. The molecule has 0 aliphatic carbocycles. The van der Waals surface area contributed by atoms with Gasteiger partial charge in [0.15, 0.2) is 0 Å². The number of aromatic nitrogens is 2. The topological polar surface area (TPSA) is 35.0 Å². The second-order valence-electron chi connectivity index (χ2n) is 4.81. The number of rotatable bonds is 4. The molecule has 1 heterocycles. The van der Waals surface area contributed by atoms with Gasteiger partial charge in [-0.25, -0.2) is 9.97 Å². The molecule has 0 spiro atoms. The molecular weight excluding hydrogens is 236 g/mol. The van der Waals surface area contributed by atoms with Crippen LogP contribution in [0.2, 0.25) is 0 Å². The fraction of sp³-hybridized carbons (Fsp3) is 0.375. The van der Waals surface area contributed by atoms with Crippen molar-refractivity contribution in [1.82, 2.24) is 9.97 Å². The first-order valence-electron chi connectivity index (χ1n) is 6.69. The monoisotopic (exact) mass is 256 g/mol. The van der Waals surface area contributed by atoms with Gasteiger partial charge in [0.2, 0.25) is 0 Å². The Balaban J connectivity index is 2.60. The van der Waals surface area contributed by atoms with Crippen LogP contribution >= 0.6 is 0 Å². The van der Waals surface area contributed by atoms with Crippen LogP contribution in [0.4, 0.5) is 0 Å². The third-order valence-corrected chi connectivity index (χ3v) is 3.00. The molecule has 0 amide bonds. The number of hydrogen-bond acceptors (Lipinski definition) is 3. The molecule has 0 bridgehead atoms. The summed E-state index contributed by atoms with van der Waals surface area (Å²) in [5.74, 6) is 2.04. The van der Waals surface area contributed by atoms with Crippen molar-refractivity contribution >= 4 is 0 Å². The summed E-state index contributed by atoms with van der Waals surface area (Å²) in [6, 6.07) is 8.04. The molecule has 0 saturated heterocycles. The van der Waals surface area contributed by atoms with Gasteiger partial charge < -0.3 is 4.74 Å². The zero-order valence-corrected chi connectivity index (χ0v) is 12.0. The van der Waals surface area contributed by atoms with Crippen LogP contribution in [0.5, 0.6) is 5.75 Å². The number of aryl methyl sites for hydroxylation is 1. The van der Waals surface area contributed by atoms with E-state index in [1.165, 1.54) is 0 Å². The molecule has 3 heteroatoms. The lowest BCUT2D eigenvalue weighted by molar-refractivity contribution is 0.341. The van der Waals surface area contributed by atoms with Gasteiger partial charge in [0, 0.05) is 11.8 Å². The van der Waals surface area contributed by atoms with Crippen LogP contribution in [0.1, 0.15) is 38.1 Å². The minimum Gasteiger partial charge on any atom is -0.493 e. The van der Waals surface area contributed by atoms with Gasteiger partial charge in [0.1, 0.15) is 11.6 Å². The van der Waals surface area contributed by atoms with Gasteiger partial charge in [-0.2, -0.15) is 0 Å². The second-order valence-corrected chi connectivity index (χ2v) is 4.81. The standard InChI is InChI=1S/C16H20N2O/c1-5-19-15-9-7-6-8-13(15)16-14(11(2)3)10-17-12(4)18-16/h6-11H,5H2,1-4H3. The largest absolute Gasteiger partial charge is 0.493 e. The van der Waals surface area contributed by atoms with Gasteiger partial charge in [-0.3, -0.25) is 0 Å².